The van der Waals surface area contributed by atoms with E-state index in [-0.39, 0.29) is 0 Å². The van der Waals surface area contributed by atoms with Gasteiger partial charge in [-0.2, -0.15) is 17.0 Å². The van der Waals surface area contributed by atoms with E-state index >= 15 is 0 Å². The second-order valence-corrected chi connectivity index (χ2v) is 6.08. The van der Waals surface area contributed by atoms with Crippen LogP contribution in [0.1, 0.15) is 33.6 Å². The van der Waals surface area contributed by atoms with Crippen LogP contribution in [0.3, 0.4) is 0 Å². The van der Waals surface area contributed by atoms with Crippen molar-refractivity contribution >= 4 is 17.9 Å². The highest BCUT2D eigenvalue weighted by Crippen LogP contribution is 2.26. The molecule has 1 atom stereocenters. The number of ether oxygens (including phenoxy) is 1. The third kappa shape index (κ3) is 3.93. The van der Waals surface area contributed by atoms with Gasteiger partial charge in [0.25, 0.3) is 0 Å². The van der Waals surface area contributed by atoms with Crippen molar-refractivity contribution in [1.29, 1.82) is 5.26 Å². The highest BCUT2D eigenvalue weighted by molar-refractivity contribution is 7.99. The number of nitrogens with zero attached hydrogens (tertiary/aromatic N) is 1. The molecule has 0 aromatic rings. The summed E-state index contributed by atoms with van der Waals surface area (Å²) in [6, 6.07) is 2.20. The third-order valence-electron chi connectivity index (χ3n) is 2.19. The number of nitriles is 1. The van der Waals surface area contributed by atoms with E-state index in [1.165, 1.54) is 0 Å². The Labute approximate surface area is 101 Å². The Kier molecular flexibility index (Phi) is 4.09. The number of amides is 1. The first kappa shape index (κ1) is 13.2. The average Bonchev–Trinajstić information content (AvgIpc) is 2.16. The topological polar surface area (TPSA) is 62.1 Å². The van der Waals surface area contributed by atoms with Crippen LogP contribution < -0.4 is 5.32 Å². The fourth-order valence-electron chi connectivity index (χ4n) is 1.51. The fraction of sp³-hybridized carbons (Fsp3) is 0.818. The van der Waals surface area contributed by atoms with Gasteiger partial charge >= 0.3 is 6.09 Å². The van der Waals surface area contributed by atoms with Crippen LogP contribution in [-0.4, -0.2) is 28.7 Å². The summed E-state index contributed by atoms with van der Waals surface area (Å²) in [5, 5.41) is 11.9. The third-order valence-corrected chi connectivity index (χ3v) is 3.47. The SMILES string of the molecule is CC(C)(C)OC(=O)NC1(C#N)CCCSC1. The molecule has 0 aromatic heterocycles. The lowest BCUT2D eigenvalue weighted by molar-refractivity contribution is 0.0484. The molecule has 1 N–H and O–H groups in total. The van der Waals surface area contributed by atoms with Crippen molar-refractivity contribution in [3.8, 4) is 6.07 Å². The predicted octanol–water partition coefficient (Wildman–Crippen LogP) is 2.30. The Morgan fingerprint density at radius 3 is 2.69 bits per heavy atom. The zero-order valence-electron chi connectivity index (χ0n) is 10.0. The molecule has 4 nitrogen and oxygen atoms in total. The predicted molar refractivity (Wildman–Crippen MR) is 64.3 cm³/mol. The molecule has 0 aliphatic carbocycles. The molecule has 1 amide bonds. The van der Waals surface area contributed by atoms with Crippen LogP contribution in [0.15, 0.2) is 0 Å². The molecule has 1 unspecified atom stereocenters. The van der Waals surface area contributed by atoms with Gasteiger partial charge in [-0.3, -0.25) is 0 Å². The molecule has 0 spiro atoms. The average molecular weight is 242 g/mol. The fourth-order valence-corrected chi connectivity index (χ4v) is 2.63. The monoisotopic (exact) mass is 242 g/mol. The summed E-state index contributed by atoms with van der Waals surface area (Å²) in [4.78, 5) is 11.6. The van der Waals surface area contributed by atoms with Gasteiger partial charge in [0.05, 0.1) is 6.07 Å². The van der Waals surface area contributed by atoms with Gasteiger partial charge in [-0.15, -0.1) is 0 Å². The number of hydrogen-bond donors (Lipinski definition) is 1. The van der Waals surface area contributed by atoms with Gasteiger partial charge in [0.15, 0.2) is 0 Å². The number of thioether (sulfide) groups is 1. The molecule has 0 saturated carbocycles. The highest BCUT2D eigenvalue weighted by atomic mass is 32.2. The van der Waals surface area contributed by atoms with Crippen LogP contribution in [0, 0.1) is 11.3 Å². The zero-order chi connectivity index (χ0) is 12.2. The molecular weight excluding hydrogens is 224 g/mol. The van der Waals surface area contributed by atoms with E-state index in [9.17, 15) is 4.79 Å². The molecule has 1 heterocycles. The van der Waals surface area contributed by atoms with Crippen molar-refractivity contribution in [2.24, 2.45) is 0 Å². The van der Waals surface area contributed by atoms with Gasteiger partial charge in [-0.1, -0.05) is 0 Å². The molecule has 1 aliphatic rings. The lowest BCUT2D eigenvalue weighted by atomic mass is 9.98. The smallest absolute Gasteiger partial charge is 0.408 e. The Morgan fingerprint density at radius 2 is 2.25 bits per heavy atom. The van der Waals surface area contributed by atoms with E-state index in [4.69, 9.17) is 10.00 Å². The summed E-state index contributed by atoms with van der Waals surface area (Å²) in [6.07, 6.45) is 1.15. The van der Waals surface area contributed by atoms with Crippen molar-refractivity contribution in [2.75, 3.05) is 11.5 Å². The molecule has 5 heteroatoms. The minimum absolute atomic E-state index is 0.503. The summed E-state index contributed by atoms with van der Waals surface area (Å²) in [5.74, 6) is 1.70. The van der Waals surface area contributed by atoms with Gasteiger partial charge in [-0.25, -0.2) is 4.79 Å². The Bertz CT molecular complexity index is 298. The van der Waals surface area contributed by atoms with E-state index in [1.54, 1.807) is 32.5 Å². The molecule has 1 fully saturated rings. The number of carbonyl (C=O) groups excluding carboxylic acids is 1. The van der Waals surface area contributed by atoms with E-state index in [0.717, 1.165) is 12.2 Å². The summed E-state index contributed by atoms with van der Waals surface area (Å²) in [5.41, 5.74) is -1.27. The number of nitrogens with one attached hydrogen (secondary N) is 1. The summed E-state index contributed by atoms with van der Waals surface area (Å²) in [6.45, 7) is 5.42. The van der Waals surface area contributed by atoms with Gasteiger partial charge < -0.3 is 10.1 Å². The van der Waals surface area contributed by atoms with Crippen LogP contribution in [0.4, 0.5) is 4.79 Å². The number of rotatable bonds is 1. The highest BCUT2D eigenvalue weighted by Gasteiger charge is 2.35. The van der Waals surface area contributed by atoms with E-state index in [0.29, 0.717) is 12.2 Å². The second-order valence-electron chi connectivity index (χ2n) is 4.98. The molecule has 1 saturated heterocycles. The number of hydrogen-bond acceptors (Lipinski definition) is 4. The standard InChI is InChI=1S/C11H18N2O2S/c1-10(2,3)15-9(14)13-11(7-12)5-4-6-16-8-11/h4-6,8H2,1-3H3,(H,13,14). The zero-order valence-corrected chi connectivity index (χ0v) is 10.8. The largest absolute Gasteiger partial charge is 0.444 e. The minimum Gasteiger partial charge on any atom is -0.444 e. The van der Waals surface area contributed by atoms with Gasteiger partial charge in [0.1, 0.15) is 11.1 Å². The maximum absolute atomic E-state index is 11.6. The van der Waals surface area contributed by atoms with Crippen LogP contribution in [0.2, 0.25) is 0 Å². The van der Waals surface area contributed by atoms with Crippen LogP contribution >= 0.6 is 11.8 Å². The number of alkyl carbamates (subject to hydrolysis) is 1. The summed E-state index contributed by atoms with van der Waals surface area (Å²) >= 11 is 1.69. The molecule has 0 aromatic carbocycles. The Morgan fingerprint density at radius 1 is 1.56 bits per heavy atom. The van der Waals surface area contributed by atoms with Crippen molar-refractivity contribution in [1.82, 2.24) is 5.32 Å². The Hall–Kier alpha value is -0.890. The van der Waals surface area contributed by atoms with E-state index in [1.807, 2.05) is 0 Å². The molecular formula is C11H18N2O2S. The lowest BCUT2D eigenvalue weighted by Crippen LogP contribution is -2.52. The molecule has 16 heavy (non-hydrogen) atoms. The van der Waals surface area contributed by atoms with Gasteiger partial charge in [0, 0.05) is 5.75 Å². The first-order valence-electron chi connectivity index (χ1n) is 5.37. The summed E-state index contributed by atoms with van der Waals surface area (Å²) < 4.78 is 5.16. The minimum atomic E-state index is -0.745. The maximum atomic E-state index is 11.6. The molecule has 1 rings (SSSR count). The molecule has 1 aliphatic heterocycles. The van der Waals surface area contributed by atoms with Gasteiger partial charge in [-0.05, 0) is 39.4 Å². The quantitative estimate of drug-likeness (QED) is 0.766. The van der Waals surface area contributed by atoms with Crippen LogP contribution in [0.5, 0.6) is 0 Å². The Balaban J connectivity index is 2.57. The van der Waals surface area contributed by atoms with Crippen molar-refractivity contribution < 1.29 is 9.53 Å². The van der Waals surface area contributed by atoms with Gasteiger partial charge in [0.2, 0.25) is 0 Å². The number of carbonyl (C=O) groups is 1. The van der Waals surface area contributed by atoms with Crippen LogP contribution in [0.25, 0.3) is 0 Å². The van der Waals surface area contributed by atoms with Crippen molar-refractivity contribution in [3.05, 3.63) is 0 Å². The molecule has 90 valence electrons. The first-order chi connectivity index (χ1) is 7.37. The second kappa shape index (κ2) is 4.96. The molecule has 0 bridgehead atoms. The maximum Gasteiger partial charge on any atom is 0.408 e. The van der Waals surface area contributed by atoms with E-state index in [2.05, 4.69) is 11.4 Å². The van der Waals surface area contributed by atoms with Crippen molar-refractivity contribution in [2.45, 2.75) is 44.8 Å². The van der Waals surface area contributed by atoms with Crippen LogP contribution in [-0.2, 0) is 4.74 Å². The van der Waals surface area contributed by atoms with Crippen molar-refractivity contribution in [3.63, 3.8) is 0 Å². The van der Waals surface area contributed by atoms with E-state index < -0.39 is 17.2 Å². The molecule has 0 radical (unpaired) electrons. The normalized spacial score (nSPS) is 25.6. The first-order valence-corrected chi connectivity index (χ1v) is 6.53. The summed E-state index contributed by atoms with van der Waals surface area (Å²) in [7, 11) is 0. The lowest BCUT2D eigenvalue weighted by Gasteiger charge is -2.32.